The van der Waals surface area contributed by atoms with Gasteiger partial charge in [0.2, 0.25) is 0 Å². The van der Waals surface area contributed by atoms with E-state index in [1.807, 2.05) is 6.08 Å². The van der Waals surface area contributed by atoms with Crippen LogP contribution in [0.2, 0.25) is 0 Å². The van der Waals surface area contributed by atoms with Gasteiger partial charge in [0, 0.05) is 36.5 Å². The number of fused-ring (bicyclic) bond motifs is 2. The summed E-state index contributed by atoms with van der Waals surface area (Å²) in [5.74, 6) is 1.57. The average molecular weight is 545 g/mol. The van der Waals surface area contributed by atoms with E-state index in [0.29, 0.717) is 24.3 Å². The van der Waals surface area contributed by atoms with Crippen LogP contribution in [0.4, 0.5) is 0 Å². The van der Waals surface area contributed by atoms with Gasteiger partial charge in [-0.05, 0) is 84.0 Å². The molecule has 5 unspecified atom stereocenters. The zero-order valence-corrected chi connectivity index (χ0v) is 24.7. The van der Waals surface area contributed by atoms with Crippen molar-refractivity contribution in [3.8, 4) is 0 Å². The van der Waals surface area contributed by atoms with Crippen LogP contribution >= 0.6 is 11.6 Å². The van der Waals surface area contributed by atoms with Gasteiger partial charge in [0.25, 0.3) is 0 Å². The highest BCUT2D eigenvalue weighted by atomic mass is 35.5. The second-order valence-corrected chi connectivity index (χ2v) is 14.9. The third kappa shape index (κ3) is 3.24. The maximum Gasteiger partial charge on any atom is 0.302 e. The number of ether oxygens (including phenoxy) is 2. The molecule has 38 heavy (non-hydrogen) atoms. The van der Waals surface area contributed by atoms with Crippen LogP contribution in [0, 0.1) is 63.1 Å². The lowest BCUT2D eigenvalue weighted by Gasteiger charge is -2.61. The Morgan fingerprint density at radius 2 is 1.92 bits per heavy atom. The van der Waals surface area contributed by atoms with Crippen molar-refractivity contribution in [3.63, 3.8) is 0 Å². The van der Waals surface area contributed by atoms with Crippen molar-refractivity contribution >= 4 is 29.1 Å². The van der Waals surface area contributed by atoms with E-state index in [4.69, 9.17) is 21.1 Å². The zero-order valence-electron chi connectivity index (χ0n) is 23.9. The van der Waals surface area contributed by atoms with E-state index in [0.717, 1.165) is 32.1 Å². The SMILES string of the molecule is CC(=O)O[C@H]1C[C@@]2(C)C3CCC4[C@H](C)C(=O)C=C[C@@]45C[C@@]35CC[C@]2(C)[C@H]1[C@H](C)C(=O)C1OCC(C)C1CCl. The highest BCUT2D eigenvalue weighted by Gasteiger charge is 2.81. The molecule has 0 aromatic carbocycles. The summed E-state index contributed by atoms with van der Waals surface area (Å²) in [4.78, 5) is 39.0. The number of halogens is 1. The summed E-state index contributed by atoms with van der Waals surface area (Å²) < 4.78 is 12.1. The third-order valence-electron chi connectivity index (χ3n) is 13.4. The molecule has 1 aliphatic heterocycles. The van der Waals surface area contributed by atoms with Crippen molar-refractivity contribution in [1.29, 1.82) is 0 Å². The Hall–Kier alpha value is -1.20. The fraction of sp³-hybridized carbons (Fsp3) is 0.844. The van der Waals surface area contributed by atoms with Crippen LogP contribution in [0.15, 0.2) is 12.2 Å². The number of alkyl halides is 1. The normalized spacial score (nSPS) is 53.4. The Kier molecular flexibility index (Phi) is 6.14. The Labute approximate surface area is 232 Å². The Morgan fingerprint density at radius 1 is 1.18 bits per heavy atom. The molecule has 4 saturated carbocycles. The fourth-order valence-corrected chi connectivity index (χ4v) is 11.8. The molecule has 6 rings (SSSR count). The second kappa shape index (κ2) is 8.65. The van der Waals surface area contributed by atoms with Crippen LogP contribution in [0.3, 0.4) is 0 Å². The highest BCUT2D eigenvalue weighted by molar-refractivity contribution is 6.18. The standard InChI is InChI=1S/C32H45ClO5/c1-17-15-37-28(21(17)14-33)27(36)19(3)26-24(38-20(4)34)13-30(6)25-8-7-22-18(2)23(35)9-10-31(22)16-32(25,31)12-11-29(26,30)5/h9-10,17-19,21-22,24-26,28H,7-8,11-16H2,1-6H3/t17?,18-,19-,21?,22?,24-,25?,26-,28?,29+,30-,31+,32-/m0/s1. The smallest absolute Gasteiger partial charge is 0.302 e. The van der Waals surface area contributed by atoms with E-state index in [1.54, 1.807) is 0 Å². The summed E-state index contributed by atoms with van der Waals surface area (Å²) in [5, 5.41) is 0. The topological polar surface area (TPSA) is 69.7 Å². The van der Waals surface area contributed by atoms with Crippen molar-refractivity contribution in [2.75, 3.05) is 12.5 Å². The summed E-state index contributed by atoms with van der Waals surface area (Å²) in [6.07, 6.45) is 9.74. The molecule has 1 saturated heterocycles. The lowest BCUT2D eigenvalue weighted by molar-refractivity contribution is -0.156. The molecule has 0 bridgehead atoms. The number of esters is 1. The lowest BCUT2D eigenvalue weighted by Crippen LogP contribution is -2.56. The zero-order chi connectivity index (χ0) is 27.4. The van der Waals surface area contributed by atoms with Crippen LogP contribution in [-0.2, 0) is 23.9 Å². The average Bonchev–Trinajstić information content (AvgIpc) is 3.29. The number of carbonyl (C=O) groups excluding carboxylic acids is 3. The first kappa shape index (κ1) is 27.0. The molecule has 6 heteroatoms. The number of rotatable bonds is 5. The van der Waals surface area contributed by atoms with Crippen LogP contribution in [0.25, 0.3) is 0 Å². The van der Waals surface area contributed by atoms with E-state index in [2.05, 4.69) is 40.7 Å². The van der Waals surface area contributed by atoms with Gasteiger partial charge >= 0.3 is 5.97 Å². The van der Waals surface area contributed by atoms with Crippen molar-refractivity contribution in [2.45, 2.75) is 92.3 Å². The van der Waals surface area contributed by atoms with Crippen LogP contribution < -0.4 is 0 Å². The monoisotopic (exact) mass is 544 g/mol. The van der Waals surface area contributed by atoms with E-state index < -0.39 is 6.10 Å². The van der Waals surface area contributed by atoms with Crippen LogP contribution in [-0.4, -0.2) is 42.2 Å². The number of hydrogen-bond acceptors (Lipinski definition) is 5. The minimum absolute atomic E-state index is 0.0263. The van der Waals surface area contributed by atoms with Crippen molar-refractivity contribution < 1.29 is 23.9 Å². The summed E-state index contributed by atoms with van der Waals surface area (Å²) in [6, 6.07) is 0. The third-order valence-corrected chi connectivity index (χ3v) is 13.8. The van der Waals surface area contributed by atoms with Crippen molar-refractivity contribution in [1.82, 2.24) is 0 Å². The molecule has 1 heterocycles. The molecular formula is C32H45ClO5. The molecule has 0 radical (unpaired) electrons. The molecule has 0 aromatic heterocycles. The number of Topliss-reactive ketones (excluding diaryl/α,β-unsaturated/α-hetero) is 1. The molecule has 2 spiro atoms. The first-order chi connectivity index (χ1) is 17.9. The fourth-order valence-electron chi connectivity index (χ4n) is 11.4. The van der Waals surface area contributed by atoms with Gasteiger partial charge < -0.3 is 9.47 Å². The maximum absolute atomic E-state index is 14.0. The lowest BCUT2D eigenvalue weighted by atomic mass is 9.43. The molecule has 0 amide bonds. The quantitative estimate of drug-likeness (QED) is 0.313. The summed E-state index contributed by atoms with van der Waals surface area (Å²) in [7, 11) is 0. The number of allylic oxidation sites excluding steroid dienone is 2. The van der Waals surface area contributed by atoms with Gasteiger partial charge in [-0.25, -0.2) is 0 Å². The second-order valence-electron chi connectivity index (χ2n) is 14.6. The maximum atomic E-state index is 14.0. The number of hydrogen-bond donors (Lipinski definition) is 0. The summed E-state index contributed by atoms with van der Waals surface area (Å²) in [5.41, 5.74) is 0.195. The van der Waals surface area contributed by atoms with Gasteiger partial charge in [0.15, 0.2) is 11.6 Å². The molecular weight excluding hydrogens is 500 g/mol. The minimum Gasteiger partial charge on any atom is -0.462 e. The van der Waals surface area contributed by atoms with Crippen LogP contribution in [0.1, 0.15) is 80.1 Å². The number of ketones is 2. The first-order valence-corrected chi connectivity index (χ1v) is 15.5. The van der Waals surface area contributed by atoms with E-state index in [9.17, 15) is 14.4 Å². The van der Waals surface area contributed by atoms with Gasteiger partial charge in [0.05, 0.1) is 6.61 Å². The van der Waals surface area contributed by atoms with Crippen LogP contribution in [0.5, 0.6) is 0 Å². The van der Waals surface area contributed by atoms with E-state index in [1.165, 1.54) is 13.3 Å². The predicted molar refractivity (Wildman–Crippen MR) is 145 cm³/mol. The Morgan fingerprint density at radius 3 is 2.61 bits per heavy atom. The molecule has 13 atom stereocenters. The molecule has 5 nitrogen and oxygen atoms in total. The largest absolute Gasteiger partial charge is 0.462 e. The van der Waals surface area contributed by atoms with E-state index >= 15 is 0 Å². The Balaban J connectivity index is 1.36. The van der Waals surface area contributed by atoms with E-state index in [-0.39, 0.29) is 74.9 Å². The van der Waals surface area contributed by atoms with Gasteiger partial charge in [-0.2, -0.15) is 0 Å². The van der Waals surface area contributed by atoms with Gasteiger partial charge in [0.1, 0.15) is 12.2 Å². The van der Waals surface area contributed by atoms with Gasteiger partial charge in [-0.15, -0.1) is 11.6 Å². The highest BCUT2D eigenvalue weighted by Crippen LogP contribution is 2.87. The number of carbonyl (C=O) groups is 3. The molecule has 5 aliphatic carbocycles. The molecule has 6 aliphatic rings. The molecule has 0 aromatic rings. The predicted octanol–water partition coefficient (Wildman–Crippen LogP) is 6.02. The minimum atomic E-state index is -0.477. The van der Waals surface area contributed by atoms with Gasteiger partial charge in [-0.3, -0.25) is 14.4 Å². The molecule has 210 valence electrons. The molecule has 5 fully saturated rings. The van der Waals surface area contributed by atoms with Crippen molar-refractivity contribution in [3.05, 3.63) is 12.2 Å². The molecule has 0 N–H and O–H groups in total. The van der Waals surface area contributed by atoms with Gasteiger partial charge in [-0.1, -0.05) is 40.7 Å². The first-order valence-electron chi connectivity index (χ1n) is 15.0. The summed E-state index contributed by atoms with van der Waals surface area (Å²) >= 11 is 6.31. The van der Waals surface area contributed by atoms with Crippen molar-refractivity contribution in [2.24, 2.45) is 63.1 Å². The Bertz CT molecular complexity index is 1090. The summed E-state index contributed by atoms with van der Waals surface area (Å²) in [6.45, 7) is 13.2.